The molecule has 1 heterocycles. The Hall–Kier alpha value is -2.88. The molecule has 0 saturated carbocycles. The van der Waals surface area contributed by atoms with E-state index in [-0.39, 0.29) is 11.3 Å². The second kappa shape index (κ2) is 10.1. The quantitative estimate of drug-likeness (QED) is 0.377. The minimum absolute atomic E-state index is 0.152. The van der Waals surface area contributed by atoms with E-state index in [1.165, 1.54) is 6.92 Å². The van der Waals surface area contributed by atoms with Crippen LogP contribution in [0, 0.1) is 5.92 Å². The van der Waals surface area contributed by atoms with E-state index in [1.807, 2.05) is 5.32 Å². The highest BCUT2D eigenvalue weighted by Crippen LogP contribution is 2.19. The van der Waals surface area contributed by atoms with Gasteiger partial charge in [0.15, 0.2) is 11.3 Å². The number of nitrogens with zero attached hydrogens (tertiary/aromatic N) is 2. The average molecular weight is 420 g/mol. The van der Waals surface area contributed by atoms with Gasteiger partial charge in [-0.2, -0.15) is 0 Å². The molecule has 2 rings (SSSR count). The van der Waals surface area contributed by atoms with Crippen molar-refractivity contribution in [3.05, 3.63) is 34.6 Å². The number of imide groups is 1. The Balaban J connectivity index is 2.16. The summed E-state index contributed by atoms with van der Waals surface area (Å²) in [5, 5.41) is 2.76. The number of hydrogen-bond donors (Lipinski definition) is 2. The summed E-state index contributed by atoms with van der Waals surface area (Å²) in [4.78, 5) is 51.8. The minimum Gasteiger partial charge on any atom is -0.452 e. The summed E-state index contributed by atoms with van der Waals surface area (Å²) >= 11 is 1.06. The molecule has 10 heteroatoms. The normalized spacial score (nSPS) is 12.0. The molecule has 2 aromatic rings. The molecular formula is C19H24N4O5S. The number of ether oxygens (including phenoxy) is 1. The van der Waals surface area contributed by atoms with E-state index >= 15 is 0 Å². The molecule has 0 aliphatic carbocycles. The molecule has 156 valence electrons. The molecule has 1 aromatic heterocycles. The molecular weight excluding hydrogens is 396 g/mol. The lowest BCUT2D eigenvalue weighted by Gasteiger charge is -2.15. The second-order valence-corrected chi connectivity index (χ2v) is 7.77. The molecule has 0 aliphatic heterocycles. The standard InChI is InChI=1S/C19H24N4O5S/c1-11(2)8-9-23-17(26)13-6-4-5-7-14(13)21-19(23)29-10-15(24)28-12(3)16(25)22-18(20)27/h4-7,11-12H,8-10H2,1-3H3,(H3,20,22,25,27)/t12-/m0/s1. The maximum atomic E-state index is 12.9. The summed E-state index contributed by atoms with van der Waals surface area (Å²) in [6, 6.07) is 6.00. The number of thioether (sulfide) groups is 1. The van der Waals surface area contributed by atoms with Crippen molar-refractivity contribution >= 4 is 40.6 Å². The average Bonchev–Trinajstić information content (AvgIpc) is 2.65. The van der Waals surface area contributed by atoms with Crippen LogP contribution in [0.5, 0.6) is 0 Å². The fourth-order valence-corrected chi connectivity index (χ4v) is 3.28. The smallest absolute Gasteiger partial charge is 0.318 e. The first-order valence-electron chi connectivity index (χ1n) is 9.11. The third-order valence-corrected chi connectivity index (χ3v) is 4.95. The van der Waals surface area contributed by atoms with Crippen LogP contribution in [0.3, 0.4) is 0 Å². The highest BCUT2D eigenvalue weighted by Gasteiger charge is 2.20. The molecule has 9 nitrogen and oxygen atoms in total. The number of urea groups is 1. The van der Waals surface area contributed by atoms with Crippen molar-refractivity contribution in [2.75, 3.05) is 5.75 Å². The van der Waals surface area contributed by atoms with Crippen LogP contribution in [0.25, 0.3) is 10.9 Å². The molecule has 0 aliphatic rings. The fraction of sp³-hybridized carbons (Fsp3) is 0.421. The van der Waals surface area contributed by atoms with Gasteiger partial charge < -0.3 is 10.5 Å². The summed E-state index contributed by atoms with van der Waals surface area (Å²) in [6.07, 6.45) is -0.397. The van der Waals surface area contributed by atoms with Crippen molar-refractivity contribution in [2.45, 2.75) is 45.0 Å². The largest absolute Gasteiger partial charge is 0.452 e. The highest BCUT2D eigenvalue weighted by molar-refractivity contribution is 7.99. The Kier molecular flexibility index (Phi) is 7.77. The maximum absolute atomic E-state index is 12.9. The zero-order valence-corrected chi connectivity index (χ0v) is 17.3. The van der Waals surface area contributed by atoms with E-state index in [4.69, 9.17) is 10.5 Å². The van der Waals surface area contributed by atoms with Gasteiger partial charge >= 0.3 is 12.0 Å². The molecule has 1 atom stereocenters. The van der Waals surface area contributed by atoms with Crippen molar-refractivity contribution in [2.24, 2.45) is 11.7 Å². The first-order chi connectivity index (χ1) is 13.7. The number of primary amides is 1. The van der Waals surface area contributed by atoms with Crippen molar-refractivity contribution < 1.29 is 19.1 Å². The number of rotatable bonds is 8. The van der Waals surface area contributed by atoms with Gasteiger partial charge in [-0.05, 0) is 31.4 Å². The predicted octanol–water partition coefficient (Wildman–Crippen LogP) is 1.66. The van der Waals surface area contributed by atoms with Gasteiger partial charge in [0.1, 0.15) is 0 Å². The number of aromatic nitrogens is 2. The van der Waals surface area contributed by atoms with E-state index in [1.54, 1.807) is 28.8 Å². The van der Waals surface area contributed by atoms with Gasteiger partial charge in [-0.25, -0.2) is 9.78 Å². The molecule has 3 amide bonds. The van der Waals surface area contributed by atoms with Crippen molar-refractivity contribution in [3.8, 4) is 0 Å². The number of carbonyl (C=O) groups excluding carboxylic acids is 3. The molecule has 3 N–H and O–H groups in total. The highest BCUT2D eigenvalue weighted by atomic mass is 32.2. The fourth-order valence-electron chi connectivity index (χ4n) is 2.47. The molecule has 0 spiro atoms. The zero-order chi connectivity index (χ0) is 21.6. The Labute approximate surface area is 172 Å². The third-order valence-electron chi connectivity index (χ3n) is 4.00. The maximum Gasteiger partial charge on any atom is 0.318 e. The lowest BCUT2D eigenvalue weighted by molar-refractivity contribution is -0.151. The topological polar surface area (TPSA) is 133 Å². The summed E-state index contributed by atoms with van der Waals surface area (Å²) in [5.74, 6) is -1.25. The number of amides is 3. The van der Waals surface area contributed by atoms with E-state index < -0.39 is 24.0 Å². The van der Waals surface area contributed by atoms with Crippen LogP contribution in [-0.4, -0.2) is 39.3 Å². The molecule has 1 aromatic carbocycles. The van der Waals surface area contributed by atoms with E-state index in [0.717, 1.165) is 18.2 Å². The Morgan fingerprint density at radius 3 is 2.59 bits per heavy atom. The molecule has 0 bridgehead atoms. The third kappa shape index (κ3) is 6.31. The molecule has 0 saturated heterocycles. The Morgan fingerprint density at radius 1 is 1.24 bits per heavy atom. The van der Waals surface area contributed by atoms with Crippen LogP contribution in [0.15, 0.2) is 34.2 Å². The van der Waals surface area contributed by atoms with Crippen LogP contribution in [0.4, 0.5) is 4.79 Å². The summed E-state index contributed by atoms with van der Waals surface area (Å²) in [5.41, 5.74) is 5.25. The number of para-hydroxylation sites is 1. The molecule has 0 fully saturated rings. The zero-order valence-electron chi connectivity index (χ0n) is 16.5. The second-order valence-electron chi connectivity index (χ2n) is 6.83. The lowest BCUT2D eigenvalue weighted by Crippen LogP contribution is -2.42. The van der Waals surface area contributed by atoms with Crippen molar-refractivity contribution in [1.82, 2.24) is 14.9 Å². The summed E-state index contributed by atoms with van der Waals surface area (Å²) in [6.45, 7) is 5.92. The van der Waals surface area contributed by atoms with Gasteiger partial charge in [-0.3, -0.25) is 24.3 Å². The first kappa shape index (κ1) is 22.4. The Bertz CT molecular complexity index is 973. The molecule has 0 unspecified atom stereocenters. The number of nitrogens with two attached hydrogens (primary N) is 1. The van der Waals surface area contributed by atoms with Crippen LogP contribution in [0.1, 0.15) is 27.2 Å². The van der Waals surface area contributed by atoms with E-state index in [2.05, 4.69) is 18.8 Å². The van der Waals surface area contributed by atoms with Crippen molar-refractivity contribution in [1.29, 1.82) is 0 Å². The van der Waals surface area contributed by atoms with Gasteiger partial charge in [0.2, 0.25) is 0 Å². The van der Waals surface area contributed by atoms with Crippen LogP contribution in [-0.2, 0) is 20.9 Å². The summed E-state index contributed by atoms with van der Waals surface area (Å²) < 4.78 is 6.55. The lowest BCUT2D eigenvalue weighted by atomic mass is 10.1. The van der Waals surface area contributed by atoms with Gasteiger partial charge in [0.05, 0.1) is 16.7 Å². The first-order valence-corrected chi connectivity index (χ1v) is 10.1. The van der Waals surface area contributed by atoms with Gasteiger partial charge in [-0.15, -0.1) is 0 Å². The van der Waals surface area contributed by atoms with Crippen LogP contribution < -0.4 is 16.6 Å². The molecule has 0 radical (unpaired) electrons. The van der Waals surface area contributed by atoms with Crippen molar-refractivity contribution in [3.63, 3.8) is 0 Å². The SMILES string of the molecule is CC(C)CCn1c(SCC(=O)O[C@@H](C)C(=O)NC(N)=O)nc2ccccc2c1=O. The number of benzene rings is 1. The number of carbonyl (C=O) groups is 3. The predicted molar refractivity (Wildman–Crippen MR) is 109 cm³/mol. The van der Waals surface area contributed by atoms with E-state index in [0.29, 0.717) is 28.5 Å². The van der Waals surface area contributed by atoms with Crippen LogP contribution in [0.2, 0.25) is 0 Å². The molecule has 29 heavy (non-hydrogen) atoms. The monoisotopic (exact) mass is 420 g/mol. The Morgan fingerprint density at radius 2 is 1.93 bits per heavy atom. The van der Waals surface area contributed by atoms with Gasteiger partial charge in [0, 0.05) is 6.54 Å². The number of nitrogens with one attached hydrogen (secondary N) is 1. The number of hydrogen-bond acceptors (Lipinski definition) is 7. The minimum atomic E-state index is -1.18. The van der Waals surface area contributed by atoms with E-state index in [9.17, 15) is 19.2 Å². The van der Waals surface area contributed by atoms with Crippen LogP contribution >= 0.6 is 11.8 Å². The number of esters is 1. The van der Waals surface area contributed by atoms with Gasteiger partial charge in [-0.1, -0.05) is 37.7 Å². The van der Waals surface area contributed by atoms with Gasteiger partial charge in [0.25, 0.3) is 11.5 Å². The number of fused-ring (bicyclic) bond motifs is 1. The summed E-state index contributed by atoms with van der Waals surface area (Å²) in [7, 11) is 0.